The second-order valence-electron chi connectivity index (χ2n) is 4.21. The SMILES string of the molecule is CC1CN(c2ncc(Br)cc2N)C(C)CO1. The van der Waals surface area contributed by atoms with Crippen molar-refractivity contribution < 1.29 is 4.74 Å². The highest BCUT2D eigenvalue weighted by atomic mass is 79.9. The lowest BCUT2D eigenvalue weighted by atomic mass is 10.2. The van der Waals surface area contributed by atoms with Crippen molar-refractivity contribution in [2.45, 2.75) is 26.0 Å². The molecule has 0 saturated carbocycles. The van der Waals surface area contributed by atoms with Crippen LogP contribution in [0.5, 0.6) is 0 Å². The second kappa shape index (κ2) is 4.59. The molecule has 1 aliphatic heterocycles. The minimum absolute atomic E-state index is 0.223. The molecule has 2 rings (SSSR count). The Morgan fingerprint density at radius 3 is 3.00 bits per heavy atom. The van der Waals surface area contributed by atoms with Crippen LogP contribution in [0, 0.1) is 0 Å². The fraction of sp³-hybridized carbons (Fsp3) is 0.545. The van der Waals surface area contributed by atoms with Crippen LogP contribution in [0.4, 0.5) is 11.5 Å². The number of pyridine rings is 1. The lowest BCUT2D eigenvalue weighted by Crippen LogP contribution is -2.48. The Balaban J connectivity index is 2.28. The Hall–Kier alpha value is -0.810. The molecule has 0 radical (unpaired) electrons. The molecule has 1 aromatic heterocycles. The molecule has 0 amide bonds. The number of morpholine rings is 1. The van der Waals surface area contributed by atoms with E-state index in [1.807, 2.05) is 6.07 Å². The van der Waals surface area contributed by atoms with Crippen molar-refractivity contribution in [3.8, 4) is 0 Å². The van der Waals surface area contributed by atoms with Gasteiger partial charge < -0.3 is 15.4 Å². The molecule has 2 unspecified atom stereocenters. The lowest BCUT2D eigenvalue weighted by molar-refractivity contribution is 0.0341. The molecule has 4 nitrogen and oxygen atoms in total. The third kappa shape index (κ3) is 2.30. The largest absolute Gasteiger partial charge is 0.396 e. The molecule has 2 heterocycles. The van der Waals surface area contributed by atoms with Gasteiger partial charge in [-0.3, -0.25) is 0 Å². The van der Waals surface area contributed by atoms with E-state index in [-0.39, 0.29) is 6.10 Å². The molecule has 1 aromatic rings. The average Bonchev–Trinajstić information content (AvgIpc) is 2.22. The summed E-state index contributed by atoms with van der Waals surface area (Å²) in [5.41, 5.74) is 6.69. The summed E-state index contributed by atoms with van der Waals surface area (Å²) < 4.78 is 6.49. The van der Waals surface area contributed by atoms with E-state index >= 15 is 0 Å². The van der Waals surface area contributed by atoms with Crippen LogP contribution in [-0.2, 0) is 4.74 Å². The number of nitrogens with zero attached hydrogens (tertiary/aromatic N) is 2. The molecule has 1 aliphatic rings. The Labute approximate surface area is 104 Å². The van der Waals surface area contributed by atoms with E-state index in [9.17, 15) is 0 Å². The van der Waals surface area contributed by atoms with E-state index in [1.165, 1.54) is 0 Å². The van der Waals surface area contributed by atoms with Crippen LogP contribution in [0.3, 0.4) is 0 Å². The van der Waals surface area contributed by atoms with Crippen LogP contribution < -0.4 is 10.6 Å². The zero-order valence-electron chi connectivity index (χ0n) is 9.48. The van der Waals surface area contributed by atoms with Gasteiger partial charge in [-0.2, -0.15) is 0 Å². The van der Waals surface area contributed by atoms with E-state index in [0.29, 0.717) is 11.7 Å². The van der Waals surface area contributed by atoms with Gasteiger partial charge in [-0.05, 0) is 35.8 Å². The van der Waals surface area contributed by atoms with Gasteiger partial charge in [0.05, 0.1) is 24.4 Å². The number of ether oxygens (including phenoxy) is 1. The maximum atomic E-state index is 5.98. The highest BCUT2D eigenvalue weighted by Crippen LogP contribution is 2.27. The molecular weight excluding hydrogens is 270 g/mol. The molecular formula is C11H16BrN3O. The predicted molar refractivity (Wildman–Crippen MR) is 68.6 cm³/mol. The summed E-state index contributed by atoms with van der Waals surface area (Å²) in [7, 11) is 0. The zero-order valence-corrected chi connectivity index (χ0v) is 11.1. The van der Waals surface area contributed by atoms with Gasteiger partial charge >= 0.3 is 0 Å². The van der Waals surface area contributed by atoms with E-state index < -0.39 is 0 Å². The maximum absolute atomic E-state index is 5.98. The van der Waals surface area contributed by atoms with Crippen LogP contribution in [0.15, 0.2) is 16.7 Å². The Kier molecular flexibility index (Phi) is 3.35. The zero-order chi connectivity index (χ0) is 11.7. The fourth-order valence-corrected chi connectivity index (χ4v) is 2.24. The minimum Gasteiger partial charge on any atom is -0.396 e. The van der Waals surface area contributed by atoms with Gasteiger partial charge in [0.2, 0.25) is 0 Å². The van der Waals surface area contributed by atoms with Crippen molar-refractivity contribution in [3.63, 3.8) is 0 Å². The van der Waals surface area contributed by atoms with E-state index in [1.54, 1.807) is 6.20 Å². The summed E-state index contributed by atoms with van der Waals surface area (Å²) in [4.78, 5) is 6.59. The van der Waals surface area contributed by atoms with Crippen molar-refractivity contribution in [3.05, 3.63) is 16.7 Å². The number of nitrogen functional groups attached to an aromatic ring is 1. The van der Waals surface area contributed by atoms with Gasteiger partial charge in [0.15, 0.2) is 5.82 Å². The van der Waals surface area contributed by atoms with Crippen molar-refractivity contribution in [1.29, 1.82) is 0 Å². The van der Waals surface area contributed by atoms with Gasteiger partial charge in [-0.15, -0.1) is 0 Å². The number of halogens is 1. The van der Waals surface area contributed by atoms with Gasteiger partial charge in [-0.1, -0.05) is 0 Å². The highest BCUT2D eigenvalue weighted by molar-refractivity contribution is 9.10. The standard InChI is InChI=1S/C11H16BrN3O/c1-7-6-16-8(2)5-15(7)11-10(13)3-9(12)4-14-11/h3-4,7-8H,5-6,13H2,1-2H3. The first-order chi connectivity index (χ1) is 7.58. The van der Waals surface area contributed by atoms with Crippen LogP contribution in [0.2, 0.25) is 0 Å². The predicted octanol–water partition coefficient (Wildman–Crippen LogP) is 2.04. The monoisotopic (exact) mass is 285 g/mol. The van der Waals surface area contributed by atoms with Crippen molar-refractivity contribution in [2.75, 3.05) is 23.8 Å². The number of anilines is 2. The smallest absolute Gasteiger partial charge is 0.152 e. The average molecular weight is 286 g/mol. The van der Waals surface area contributed by atoms with Crippen LogP contribution >= 0.6 is 15.9 Å². The lowest BCUT2D eigenvalue weighted by Gasteiger charge is -2.38. The molecule has 2 N–H and O–H groups in total. The number of hydrogen-bond donors (Lipinski definition) is 1. The molecule has 2 atom stereocenters. The summed E-state index contributed by atoms with van der Waals surface area (Å²) in [5, 5.41) is 0. The first-order valence-corrected chi connectivity index (χ1v) is 6.16. The summed E-state index contributed by atoms with van der Waals surface area (Å²) in [5.74, 6) is 0.853. The van der Waals surface area contributed by atoms with Crippen LogP contribution in [0.25, 0.3) is 0 Å². The Bertz CT molecular complexity index is 385. The third-order valence-electron chi connectivity index (χ3n) is 2.74. The van der Waals surface area contributed by atoms with Crippen LogP contribution in [0.1, 0.15) is 13.8 Å². The van der Waals surface area contributed by atoms with E-state index in [4.69, 9.17) is 10.5 Å². The van der Waals surface area contributed by atoms with E-state index in [2.05, 4.69) is 39.7 Å². The summed E-state index contributed by atoms with van der Waals surface area (Å²) in [6.07, 6.45) is 2.00. The second-order valence-corrected chi connectivity index (χ2v) is 5.13. The van der Waals surface area contributed by atoms with E-state index in [0.717, 1.165) is 23.4 Å². The van der Waals surface area contributed by atoms with Crippen LogP contribution in [-0.4, -0.2) is 30.3 Å². The topological polar surface area (TPSA) is 51.4 Å². The summed E-state index contributed by atoms with van der Waals surface area (Å²) in [6, 6.07) is 2.20. The van der Waals surface area contributed by atoms with Crippen molar-refractivity contribution in [2.24, 2.45) is 0 Å². The van der Waals surface area contributed by atoms with Gasteiger partial charge in [-0.25, -0.2) is 4.98 Å². The number of rotatable bonds is 1. The normalized spacial score (nSPS) is 25.8. The third-order valence-corrected chi connectivity index (χ3v) is 3.18. The molecule has 16 heavy (non-hydrogen) atoms. The Morgan fingerprint density at radius 2 is 2.31 bits per heavy atom. The molecule has 0 bridgehead atoms. The molecule has 5 heteroatoms. The molecule has 0 aromatic carbocycles. The number of nitrogens with two attached hydrogens (primary N) is 1. The Morgan fingerprint density at radius 1 is 1.56 bits per heavy atom. The fourth-order valence-electron chi connectivity index (χ4n) is 1.89. The van der Waals surface area contributed by atoms with Gasteiger partial charge in [0.25, 0.3) is 0 Å². The molecule has 1 fully saturated rings. The van der Waals surface area contributed by atoms with Gasteiger partial charge in [0, 0.05) is 17.2 Å². The summed E-state index contributed by atoms with van der Waals surface area (Å²) in [6.45, 7) is 5.74. The van der Waals surface area contributed by atoms with Gasteiger partial charge in [0.1, 0.15) is 0 Å². The summed E-state index contributed by atoms with van der Waals surface area (Å²) >= 11 is 3.36. The van der Waals surface area contributed by atoms with Crippen molar-refractivity contribution in [1.82, 2.24) is 4.98 Å². The molecule has 88 valence electrons. The minimum atomic E-state index is 0.223. The molecule has 0 aliphatic carbocycles. The quantitative estimate of drug-likeness (QED) is 0.858. The number of hydrogen-bond acceptors (Lipinski definition) is 4. The number of aromatic nitrogens is 1. The van der Waals surface area contributed by atoms with Crippen molar-refractivity contribution >= 4 is 27.4 Å². The maximum Gasteiger partial charge on any atom is 0.152 e. The first kappa shape index (κ1) is 11.7. The molecule has 0 spiro atoms. The highest BCUT2D eigenvalue weighted by Gasteiger charge is 2.25. The first-order valence-electron chi connectivity index (χ1n) is 5.37. The molecule has 1 saturated heterocycles.